The zero-order valence-corrected chi connectivity index (χ0v) is 13.0. The van der Waals surface area contributed by atoms with Gasteiger partial charge in [-0.3, -0.25) is 4.90 Å². The lowest BCUT2D eigenvalue weighted by molar-refractivity contribution is 0.126. The summed E-state index contributed by atoms with van der Waals surface area (Å²) in [6.45, 7) is 9.67. The van der Waals surface area contributed by atoms with Gasteiger partial charge in [-0.2, -0.15) is 0 Å². The molecule has 1 heterocycles. The maximum atomic E-state index is 5.96. The summed E-state index contributed by atoms with van der Waals surface area (Å²) in [4.78, 5) is 2.69. The van der Waals surface area contributed by atoms with Gasteiger partial charge in [-0.05, 0) is 47.8 Å². The van der Waals surface area contributed by atoms with Crippen molar-refractivity contribution in [3.8, 4) is 0 Å². The number of halogens is 1. The predicted octanol–water partition coefficient (Wildman–Crippen LogP) is 4.74. The van der Waals surface area contributed by atoms with Gasteiger partial charge in [-0.25, -0.2) is 0 Å². The lowest BCUT2D eigenvalue weighted by atomic mass is 9.65. The molecule has 2 bridgehead atoms. The van der Waals surface area contributed by atoms with Crippen LogP contribution in [0, 0.1) is 10.8 Å². The molecule has 2 fully saturated rings. The summed E-state index contributed by atoms with van der Waals surface area (Å²) in [7, 11) is 0. The molecule has 2 heteroatoms. The molecule has 1 nitrogen and oxygen atoms in total. The SMILES string of the molecule is CC1(C)CC2CC(C)(CN2Cc2ccc(Cl)cc2)C1. The Morgan fingerprint density at radius 1 is 1.16 bits per heavy atom. The fraction of sp³-hybridized carbons (Fsp3) is 0.647. The van der Waals surface area contributed by atoms with E-state index in [1.165, 1.54) is 31.4 Å². The number of likely N-dealkylation sites (tertiary alicyclic amines) is 1. The quantitative estimate of drug-likeness (QED) is 0.755. The van der Waals surface area contributed by atoms with Crippen LogP contribution in [0.5, 0.6) is 0 Å². The van der Waals surface area contributed by atoms with E-state index in [-0.39, 0.29) is 0 Å². The second-order valence-corrected chi connectivity index (χ2v) is 8.18. The van der Waals surface area contributed by atoms with Gasteiger partial charge in [0.25, 0.3) is 0 Å². The van der Waals surface area contributed by atoms with Gasteiger partial charge in [0.15, 0.2) is 0 Å². The van der Waals surface area contributed by atoms with E-state index in [2.05, 4.69) is 37.8 Å². The molecule has 104 valence electrons. The molecule has 0 aromatic heterocycles. The molecular formula is C17H24ClN. The first-order chi connectivity index (χ1) is 8.85. The van der Waals surface area contributed by atoms with Crippen LogP contribution in [0.25, 0.3) is 0 Å². The predicted molar refractivity (Wildman–Crippen MR) is 81.4 cm³/mol. The van der Waals surface area contributed by atoms with Crippen molar-refractivity contribution in [2.75, 3.05) is 6.54 Å². The van der Waals surface area contributed by atoms with Crippen molar-refractivity contribution in [2.45, 2.75) is 52.6 Å². The molecule has 1 aliphatic carbocycles. The highest BCUT2D eigenvalue weighted by Gasteiger charge is 2.49. The normalized spacial score (nSPS) is 33.6. The lowest BCUT2D eigenvalue weighted by Crippen LogP contribution is -2.34. The summed E-state index contributed by atoms with van der Waals surface area (Å²) < 4.78 is 0. The van der Waals surface area contributed by atoms with Gasteiger partial charge in [0.05, 0.1) is 0 Å². The largest absolute Gasteiger partial charge is 0.296 e. The van der Waals surface area contributed by atoms with Crippen molar-refractivity contribution in [1.82, 2.24) is 4.90 Å². The Bertz CT molecular complexity index is 465. The smallest absolute Gasteiger partial charge is 0.0406 e. The van der Waals surface area contributed by atoms with Crippen LogP contribution in [0.1, 0.15) is 45.6 Å². The summed E-state index contributed by atoms with van der Waals surface area (Å²) in [5.74, 6) is 0. The van der Waals surface area contributed by atoms with E-state index >= 15 is 0 Å². The average Bonchev–Trinajstić information content (AvgIpc) is 2.51. The summed E-state index contributed by atoms with van der Waals surface area (Å²) in [5, 5.41) is 0.831. The summed E-state index contributed by atoms with van der Waals surface area (Å²) in [5.41, 5.74) is 2.42. The summed E-state index contributed by atoms with van der Waals surface area (Å²) in [6.07, 6.45) is 4.09. The third-order valence-corrected chi connectivity index (χ3v) is 5.07. The standard InChI is InChI=1S/C17H24ClN/c1-16(2)8-15-9-17(3,11-16)12-19(15)10-13-4-6-14(18)7-5-13/h4-7,15H,8-12H2,1-3H3. The Hall–Kier alpha value is -0.530. The van der Waals surface area contributed by atoms with E-state index in [1.54, 1.807) is 0 Å². The van der Waals surface area contributed by atoms with E-state index in [4.69, 9.17) is 11.6 Å². The Morgan fingerprint density at radius 2 is 1.84 bits per heavy atom. The van der Waals surface area contributed by atoms with E-state index in [0.717, 1.165) is 17.6 Å². The van der Waals surface area contributed by atoms with Crippen LogP contribution < -0.4 is 0 Å². The van der Waals surface area contributed by atoms with Crippen LogP contribution in [-0.2, 0) is 6.54 Å². The fourth-order valence-electron chi connectivity index (χ4n) is 4.59. The van der Waals surface area contributed by atoms with E-state index in [9.17, 15) is 0 Å². The zero-order valence-electron chi connectivity index (χ0n) is 12.2. The zero-order chi connectivity index (χ0) is 13.7. The Balaban J connectivity index is 1.75. The molecule has 2 aliphatic rings. The Morgan fingerprint density at radius 3 is 2.53 bits per heavy atom. The number of benzene rings is 1. The first-order valence-electron chi connectivity index (χ1n) is 7.34. The van der Waals surface area contributed by atoms with Gasteiger partial charge in [-0.15, -0.1) is 0 Å². The topological polar surface area (TPSA) is 3.24 Å². The van der Waals surface area contributed by atoms with Gasteiger partial charge in [0.2, 0.25) is 0 Å². The van der Waals surface area contributed by atoms with E-state index < -0.39 is 0 Å². The van der Waals surface area contributed by atoms with Crippen LogP contribution >= 0.6 is 11.6 Å². The number of hydrogen-bond donors (Lipinski definition) is 0. The molecule has 1 aromatic carbocycles. The van der Waals surface area contributed by atoms with Crippen molar-refractivity contribution < 1.29 is 0 Å². The third-order valence-electron chi connectivity index (χ3n) is 4.82. The van der Waals surface area contributed by atoms with Crippen molar-refractivity contribution >= 4 is 11.6 Å². The minimum absolute atomic E-state index is 0.506. The highest BCUT2D eigenvalue weighted by molar-refractivity contribution is 6.30. The molecule has 0 radical (unpaired) electrons. The molecule has 1 aliphatic heterocycles. The molecule has 1 saturated carbocycles. The molecule has 0 N–H and O–H groups in total. The fourth-order valence-corrected chi connectivity index (χ4v) is 4.71. The van der Waals surface area contributed by atoms with Gasteiger partial charge in [-0.1, -0.05) is 44.5 Å². The number of fused-ring (bicyclic) bond motifs is 2. The maximum Gasteiger partial charge on any atom is 0.0406 e. The molecule has 0 spiro atoms. The lowest BCUT2D eigenvalue weighted by Gasteiger charge is -2.40. The van der Waals surface area contributed by atoms with Crippen LogP contribution in [0.2, 0.25) is 5.02 Å². The van der Waals surface area contributed by atoms with Gasteiger partial charge >= 0.3 is 0 Å². The van der Waals surface area contributed by atoms with Crippen LogP contribution in [0.4, 0.5) is 0 Å². The van der Waals surface area contributed by atoms with Gasteiger partial charge < -0.3 is 0 Å². The molecular weight excluding hydrogens is 254 g/mol. The molecule has 19 heavy (non-hydrogen) atoms. The maximum absolute atomic E-state index is 5.96. The average molecular weight is 278 g/mol. The minimum atomic E-state index is 0.506. The molecule has 2 atom stereocenters. The number of rotatable bonds is 2. The minimum Gasteiger partial charge on any atom is -0.296 e. The van der Waals surface area contributed by atoms with Crippen LogP contribution in [-0.4, -0.2) is 17.5 Å². The Labute approximate surface area is 121 Å². The van der Waals surface area contributed by atoms with E-state index in [1.807, 2.05) is 12.1 Å². The van der Waals surface area contributed by atoms with Crippen molar-refractivity contribution in [3.63, 3.8) is 0 Å². The first-order valence-corrected chi connectivity index (χ1v) is 7.72. The highest BCUT2D eigenvalue weighted by atomic mass is 35.5. The van der Waals surface area contributed by atoms with Crippen molar-refractivity contribution in [1.29, 1.82) is 0 Å². The Kier molecular flexibility index (Phi) is 3.18. The van der Waals surface area contributed by atoms with E-state index in [0.29, 0.717) is 10.8 Å². The number of nitrogens with zero attached hydrogens (tertiary/aromatic N) is 1. The second-order valence-electron chi connectivity index (χ2n) is 7.75. The van der Waals surface area contributed by atoms with Crippen molar-refractivity contribution in [2.24, 2.45) is 10.8 Å². The third kappa shape index (κ3) is 2.83. The van der Waals surface area contributed by atoms with Gasteiger partial charge in [0.1, 0.15) is 0 Å². The monoisotopic (exact) mass is 277 g/mol. The molecule has 2 unspecified atom stereocenters. The van der Waals surface area contributed by atoms with Crippen molar-refractivity contribution in [3.05, 3.63) is 34.9 Å². The molecule has 1 saturated heterocycles. The molecule has 1 aromatic rings. The van der Waals surface area contributed by atoms with Gasteiger partial charge in [0, 0.05) is 24.2 Å². The summed E-state index contributed by atoms with van der Waals surface area (Å²) in [6, 6.07) is 9.11. The van der Waals surface area contributed by atoms with Crippen LogP contribution in [0.15, 0.2) is 24.3 Å². The number of hydrogen-bond acceptors (Lipinski definition) is 1. The summed E-state index contributed by atoms with van der Waals surface area (Å²) >= 11 is 5.96. The molecule has 0 amide bonds. The molecule has 3 rings (SSSR count). The first kappa shape index (κ1) is 13.5. The highest BCUT2D eigenvalue weighted by Crippen LogP contribution is 2.52. The second kappa shape index (κ2) is 4.49. The van der Waals surface area contributed by atoms with Crippen LogP contribution in [0.3, 0.4) is 0 Å².